The van der Waals surface area contributed by atoms with Crippen molar-refractivity contribution in [1.29, 1.82) is 5.26 Å². The minimum absolute atomic E-state index is 0.323. The fourth-order valence-corrected chi connectivity index (χ4v) is 2.62. The molecular weight excluding hydrogens is 329 g/mol. The lowest BCUT2D eigenvalue weighted by molar-refractivity contribution is -0.0678. The molecule has 2 aromatic carbocycles. The second kappa shape index (κ2) is 10.4. The molecule has 0 saturated heterocycles. The molecular formula is C20H24BNO4. The molecule has 1 atom stereocenters. The standard InChI is InChI=1S/C20H24BNO4/c1-23-18-11-10-17(12-19(18)24-2)26-20(25-14-21)5-3-4-15-6-8-16(13-22)9-7-15/h6-12,20H,3-5,14,21H2,1-2H3. The third-order valence-electron chi connectivity index (χ3n) is 3.96. The van der Waals surface area contributed by atoms with Crippen molar-refractivity contribution in [2.45, 2.75) is 25.6 Å². The van der Waals surface area contributed by atoms with E-state index in [0.29, 0.717) is 29.3 Å². The van der Waals surface area contributed by atoms with Gasteiger partial charge in [0.1, 0.15) is 13.6 Å². The molecule has 1 unspecified atom stereocenters. The van der Waals surface area contributed by atoms with E-state index in [-0.39, 0.29) is 6.29 Å². The van der Waals surface area contributed by atoms with Crippen LogP contribution in [0.1, 0.15) is 24.0 Å². The zero-order chi connectivity index (χ0) is 18.8. The molecule has 0 fully saturated rings. The van der Waals surface area contributed by atoms with Crippen molar-refractivity contribution in [3.05, 3.63) is 53.6 Å². The second-order valence-electron chi connectivity index (χ2n) is 5.72. The summed E-state index contributed by atoms with van der Waals surface area (Å²) in [5.41, 5.74) is 1.88. The summed E-state index contributed by atoms with van der Waals surface area (Å²) in [7, 11) is 5.15. The smallest absolute Gasteiger partial charge is 0.199 e. The number of aryl methyl sites for hydroxylation is 1. The predicted molar refractivity (Wildman–Crippen MR) is 103 cm³/mol. The highest BCUT2D eigenvalue weighted by Crippen LogP contribution is 2.31. The molecule has 26 heavy (non-hydrogen) atoms. The van der Waals surface area contributed by atoms with Gasteiger partial charge in [-0.1, -0.05) is 12.1 Å². The van der Waals surface area contributed by atoms with Gasteiger partial charge in [0.25, 0.3) is 0 Å². The molecule has 0 aromatic heterocycles. The quantitative estimate of drug-likeness (QED) is 0.486. The van der Waals surface area contributed by atoms with Gasteiger partial charge in [0.2, 0.25) is 0 Å². The van der Waals surface area contributed by atoms with Crippen molar-refractivity contribution in [2.75, 3.05) is 20.7 Å². The molecule has 0 N–H and O–H groups in total. The Balaban J connectivity index is 1.92. The van der Waals surface area contributed by atoms with Crippen LogP contribution in [0.25, 0.3) is 0 Å². The summed E-state index contributed by atoms with van der Waals surface area (Å²) in [6.07, 6.45) is 2.27. The fraction of sp³-hybridized carbons (Fsp3) is 0.350. The molecule has 0 aliphatic carbocycles. The van der Waals surface area contributed by atoms with E-state index in [2.05, 4.69) is 6.07 Å². The van der Waals surface area contributed by atoms with Crippen LogP contribution in [0.15, 0.2) is 42.5 Å². The molecule has 0 aliphatic rings. The largest absolute Gasteiger partial charge is 0.493 e. The van der Waals surface area contributed by atoms with E-state index >= 15 is 0 Å². The van der Waals surface area contributed by atoms with Crippen LogP contribution in [0.5, 0.6) is 17.2 Å². The van der Waals surface area contributed by atoms with Gasteiger partial charge in [-0.05, 0) is 42.7 Å². The predicted octanol–water partition coefficient (Wildman–Crippen LogP) is 2.91. The number of rotatable bonds is 10. The van der Waals surface area contributed by atoms with Gasteiger partial charge in [0.05, 0.1) is 25.9 Å². The number of ether oxygens (including phenoxy) is 4. The van der Waals surface area contributed by atoms with Gasteiger partial charge in [0, 0.05) is 19.0 Å². The van der Waals surface area contributed by atoms with Crippen LogP contribution in [-0.4, -0.2) is 34.9 Å². The summed E-state index contributed by atoms with van der Waals surface area (Å²) < 4.78 is 22.2. The maximum atomic E-state index is 8.85. The highest BCUT2D eigenvalue weighted by Gasteiger charge is 2.12. The molecule has 0 spiro atoms. The van der Waals surface area contributed by atoms with Gasteiger partial charge in [-0.15, -0.1) is 0 Å². The zero-order valence-corrected chi connectivity index (χ0v) is 15.5. The average Bonchev–Trinajstić information content (AvgIpc) is 2.68. The fourth-order valence-electron chi connectivity index (χ4n) is 2.62. The van der Waals surface area contributed by atoms with Crippen molar-refractivity contribution in [1.82, 2.24) is 0 Å². The molecule has 0 radical (unpaired) electrons. The maximum absolute atomic E-state index is 8.85. The van der Waals surface area contributed by atoms with Crippen molar-refractivity contribution < 1.29 is 18.9 Å². The van der Waals surface area contributed by atoms with Gasteiger partial charge in [0.15, 0.2) is 17.8 Å². The minimum atomic E-state index is -0.323. The summed E-state index contributed by atoms with van der Waals surface area (Å²) in [6, 6.07) is 15.2. The number of nitrogens with zero attached hydrogens (tertiary/aromatic N) is 1. The van der Waals surface area contributed by atoms with E-state index < -0.39 is 0 Å². The highest BCUT2D eigenvalue weighted by molar-refractivity contribution is 6.08. The van der Waals surface area contributed by atoms with Gasteiger partial charge < -0.3 is 18.9 Å². The Morgan fingerprint density at radius 2 is 1.77 bits per heavy atom. The Labute approximate surface area is 155 Å². The number of nitriles is 1. The molecule has 0 heterocycles. The van der Waals surface area contributed by atoms with Crippen molar-refractivity contribution in [3.63, 3.8) is 0 Å². The Bertz CT molecular complexity index is 728. The van der Waals surface area contributed by atoms with Gasteiger partial charge in [-0.2, -0.15) is 5.26 Å². The van der Waals surface area contributed by atoms with Crippen molar-refractivity contribution in [3.8, 4) is 23.3 Å². The first-order chi connectivity index (χ1) is 12.7. The van der Waals surface area contributed by atoms with Gasteiger partial charge in [-0.3, -0.25) is 0 Å². The van der Waals surface area contributed by atoms with Crippen LogP contribution in [-0.2, 0) is 11.2 Å². The van der Waals surface area contributed by atoms with Gasteiger partial charge >= 0.3 is 0 Å². The zero-order valence-electron chi connectivity index (χ0n) is 15.5. The monoisotopic (exact) mass is 353 g/mol. The van der Waals surface area contributed by atoms with Crippen LogP contribution in [0.3, 0.4) is 0 Å². The van der Waals surface area contributed by atoms with Crippen LogP contribution >= 0.6 is 0 Å². The van der Waals surface area contributed by atoms with Crippen LogP contribution in [0.4, 0.5) is 0 Å². The first kappa shape index (κ1) is 19.7. The summed E-state index contributed by atoms with van der Waals surface area (Å²) in [4.78, 5) is 0. The molecule has 0 aliphatic heterocycles. The lowest BCUT2D eigenvalue weighted by Gasteiger charge is -2.20. The summed E-state index contributed by atoms with van der Waals surface area (Å²) >= 11 is 0. The molecule has 0 bridgehead atoms. The summed E-state index contributed by atoms with van der Waals surface area (Å²) in [5, 5.41) is 8.85. The maximum Gasteiger partial charge on any atom is 0.199 e. The second-order valence-corrected chi connectivity index (χ2v) is 5.72. The van der Waals surface area contributed by atoms with E-state index in [4.69, 9.17) is 24.2 Å². The summed E-state index contributed by atoms with van der Waals surface area (Å²) in [5.74, 6) is 1.96. The first-order valence-corrected chi connectivity index (χ1v) is 8.69. The number of hydrogen-bond acceptors (Lipinski definition) is 5. The Hall–Kier alpha value is -2.65. The van der Waals surface area contributed by atoms with Crippen molar-refractivity contribution >= 4 is 7.85 Å². The summed E-state index contributed by atoms with van der Waals surface area (Å²) in [6.45, 7) is 0.578. The van der Waals surface area contributed by atoms with Crippen LogP contribution in [0, 0.1) is 11.3 Å². The third-order valence-corrected chi connectivity index (χ3v) is 3.96. The molecule has 2 aromatic rings. The van der Waals surface area contributed by atoms with E-state index in [1.54, 1.807) is 20.3 Å². The Morgan fingerprint density at radius 1 is 1.04 bits per heavy atom. The third kappa shape index (κ3) is 5.71. The first-order valence-electron chi connectivity index (χ1n) is 8.69. The Morgan fingerprint density at radius 3 is 2.38 bits per heavy atom. The number of methoxy groups -OCH3 is 2. The molecule has 0 amide bonds. The normalized spacial score (nSPS) is 11.4. The lowest BCUT2D eigenvalue weighted by atomic mass is 10.1. The molecule has 136 valence electrons. The number of benzene rings is 2. The highest BCUT2D eigenvalue weighted by atomic mass is 16.7. The topological polar surface area (TPSA) is 60.7 Å². The molecule has 0 saturated carbocycles. The van der Waals surface area contributed by atoms with Crippen molar-refractivity contribution in [2.24, 2.45) is 0 Å². The van der Waals surface area contributed by atoms with Gasteiger partial charge in [-0.25, -0.2) is 0 Å². The molecule has 6 heteroatoms. The number of hydrogen-bond donors (Lipinski definition) is 0. The van der Waals surface area contributed by atoms with E-state index in [1.165, 1.54) is 5.56 Å². The van der Waals surface area contributed by atoms with Crippen LogP contribution in [0.2, 0.25) is 0 Å². The molecule has 5 nitrogen and oxygen atoms in total. The average molecular weight is 353 g/mol. The molecule has 2 rings (SSSR count). The van der Waals surface area contributed by atoms with E-state index in [9.17, 15) is 0 Å². The lowest BCUT2D eigenvalue weighted by Crippen LogP contribution is -2.21. The minimum Gasteiger partial charge on any atom is -0.493 e. The van der Waals surface area contributed by atoms with Crippen LogP contribution < -0.4 is 14.2 Å². The SMILES string of the molecule is BCOC(CCCc1ccc(C#N)cc1)Oc1ccc(OC)c(OC)c1. The Kier molecular flexibility index (Phi) is 7.85. The van der Waals surface area contributed by atoms with E-state index in [0.717, 1.165) is 19.3 Å². The van der Waals surface area contributed by atoms with E-state index in [1.807, 2.05) is 44.2 Å².